The largest absolute Gasteiger partial charge is 0.416 e. The number of amides is 3. The number of hydrogen-bond acceptors (Lipinski definition) is 4. The Balaban J connectivity index is 1.82. The number of carbonyl (C=O) groups excluding carboxylic acids is 2. The molecule has 2 aromatic rings. The lowest BCUT2D eigenvalue weighted by molar-refractivity contribution is -0.137. The van der Waals surface area contributed by atoms with Crippen LogP contribution in [-0.4, -0.2) is 41.6 Å². The van der Waals surface area contributed by atoms with E-state index in [0.717, 1.165) is 17.0 Å². The van der Waals surface area contributed by atoms with Gasteiger partial charge in [0.15, 0.2) is 0 Å². The SMILES string of the molecule is N#Cc1ccc(C2NC(=O)N(c3cccc(C(F)(F)F)c3)C3=C2C(=O)N(CCO)C3)cc1. The molecule has 1 atom stereocenters. The van der Waals surface area contributed by atoms with Gasteiger partial charge in [0.1, 0.15) is 0 Å². The Morgan fingerprint density at radius 3 is 2.50 bits per heavy atom. The number of urea groups is 1. The van der Waals surface area contributed by atoms with E-state index in [2.05, 4.69) is 5.32 Å². The van der Waals surface area contributed by atoms with Crippen molar-refractivity contribution in [3.8, 4) is 6.07 Å². The average Bonchev–Trinajstić information content (AvgIpc) is 3.09. The number of halogens is 3. The van der Waals surface area contributed by atoms with Crippen LogP contribution in [0.5, 0.6) is 0 Å². The van der Waals surface area contributed by atoms with Gasteiger partial charge in [-0.3, -0.25) is 9.69 Å². The number of anilines is 1. The van der Waals surface area contributed by atoms with E-state index >= 15 is 0 Å². The van der Waals surface area contributed by atoms with E-state index < -0.39 is 29.7 Å². The van der Waals surface area contributed by atoms with Gasteiger partial charge in [0.25, 0.3) is 5.91 Å². The fourth-order valence-corrected chi connectivity index (χ4v) is 3.89. The first-order chi connectivity index (χ1) is 15.2. The molecule has 0 saturated carbocycles. The lowest BCUT2D eigenvalue weighted by Crippen LogP contribution is -2.47. The summed E-state index contributed by atoms with van der Waals surface area (Å²) < 4.78 is 39.7. The Kier molecular flexibility index (Phi) is 5.36. The van der Waals surface area contributed by atoms with E-state index in [1.807, 2.05) is 6.07 Å². The predicted octanol–water partition coefficient (Wildman–Crippen LogP) is 2.94. The van der Waals surface area contributed by atoms with Crippen LogP contribution in [0, 0.1) is 11.3 Å². The Morgan fingerprint density at radius 1 is 1.16 bits per heavy atom. The number of rotatable bonds is 4. The molecule has 0 aliphatic carbocycles. The van der Waals surface area contributed by atoms with Gasteiger partial charge in [-0.05, 0) is 35.9 Å². The van der Waals surface area contributed by atoms with Crippen molar-refractivity contribution >= 4 is 17.6 Å². The summed E-state index contributed by atoms with van der Waals surface area (Å²) in [5.74, 6) is -0.430. The molecule has 3 amide bonds. The van der Waals surface area contributed by atoms with E-state index in [1.54, 1.807) is 24.3 Å². The van der Waals surface area contributed by atoms with Crippen molar-refractivity contribution in [2.75, 3.05) is 24.6 Å². The lowest BCUT2D eigenvalue weighted by Gasteiger charge is -2.33. The zero-order chi connectivity index (χ0) is 23.0. The maximum Gasteiger partial charge on any atom is 0.416 e. The van der Waals surface area contributed by atoms with Crippen molar-refractivity contribution in [1.29, 1.82) is 5.26 Å². The molecule has 0 aromatic heterocycles. The highest BCUT2D eigenvalue weighted by Crippen LogP contribution is 2.40. The molecule has 2 aliphatic heterocycles. The fraction of sp³-hybridized carbons (Fsp3) is 0.227. The smallest absolute Gasteiger partial charge is 0.395 e. The number of aliphatic hydroxyl groups is 1. The van der Waals surface area contributed by atoms with Crippen LogP contribution in [0.3, 0.4) is 0 Å². The molecule has 1 unspecified atom stereocenters. The molecule has 0 saturated heterocycles. The third-order valence-corrected chi connectivity index (χ3v) is 5.37. The quantitative estimate of drug-likeness (QED) is 0.761. The number of aliphatic hydroxyl groups excluding tert-OH is 1. The fourth-order valence-electron chi connectivity index (χ4n) is 3.89. The second kappa shape index (κ2) is 8.01. The minimum atomic E-state index is -4.60. The highest BCUT2D eigenvalue weighted by Gasteiger charge is 2.44. The zero-order valence-corrected chi connectivity index (χ0v) is 16.6. The number of β-amino-alcohol motifs (C(OH)–C–C–N with tert-alkyl or cyclic N) is 1. The van der Waals surface area contributed by atoms with Crippen LogP contribution in [0.1, 0.15) is 22.7 Å². The summed E-state index contributed by atoms with van der Waals surface area (Å²) in [6, 6.07) is 11.1. The number of nitrogens with zero attached hydrogens (tertiary/aromatic N) is 3. The van der Waals surface area contributed by atoms with Crippen LogP contribution in [0.4, 0.5) is 23.7 Å². The molecule has 7 nitrogen and oxygen atoms in total. The molecular weight excluding hydrogens is 425 g/mol. The van der Waals surface area contributed by atoms with Crippen LogP contribution in [-0.2, 0) is 11.0 Å². The molecule has 10 heteroatoms. The Morgan fingerprint density at radius 2 is 1.88 bits per heavy atom. The molecule has 0 bridgehead atoms. The molecule has 2 aliphatic rings. The first-order valence-corrected chi connectivity index (χ1v) is 9.65. The van der Waals surface area contributed by atoms with Crippen molar-refractivity contribution in [1.82, 2.24) is 10.2 Å². The summed E-state index contributed by atoms with van der Waals surface area (Å²) in [4.78, 5) is 28.5. The number of nitriles is 1. The summed E-state index contributed by atoms with van der Waals surface area (Å²) in [6.45, 7) is -0.333. The molecule has 2 N–H and O–H groups in total. The molecule has 2 heterocycles. The Bertz CT molecular complexity index is 1150. The van der Waals surface area contributed by atoms with Gasteiger partial charge in [-0.1, -0.05) is 18.2 Å². The minimum Gasteiger partial charge on any atom is -0.395 e. The molecule has 32 heavy (non-hydrogen) atoms. The third kappa shape index (κ3) is 3.67. The molecule has 164 valence electrons. The van der Waals surface area contributed by atoms with E-state index in [-0.39, 0.29) is 36.7 Å². The van der Waals surface area contributed by atoms with Crippen LogP contribution >= 0.6 is 0 Å². The monoisotopic (exact) mass is 442 g/mol. The number of benzene rings is 2. The van der Waals surface area contributed by atoms with Gasteiger partial charge in [-0.25, -0.2) is 4.79 Å². The summed E-state index contributed by atoms with van der Waals surface area (Å²) in [5.41, 5.74) is 0.460. The number of carbonyl (C=O) groups is 2. The molecule has 2 aromatic carbocycles. The maximum absolute atomic E-state index is 13.2. The van der Waals surface area contributed by atoms with Gasteiger partial charge in [0, 0.05) is 6.54 Å². The number of nitrogens with one attached hydrogen (secondary N) is 1. The van der Waals surface area contributed by atoms with Gasteiger partial charge in [0.2, 0.25) is 0 Å². The number of hydrogen-bond donors (Lipinski definition) is 2. The standard InChI is InChI=1S/C22H17F3N4O3/c23-22(24,25)15-2-1-3-16(10-15)29-17-12-28(8-9-30)20(31)18(17)19(27-21(29)32)14-6-4-13(11-26)5-7-14/h1-7,10,19,30H,8-9,12H2,(H,27,32). The highest BCUT2D eigenvalue weighted by atomic mass is 19.4. The second-order valence-corrected chi connectivity index (χ2v) is 7.31. The normalized spacial score (nSPS) is 18.5. The average molecular weight is 442 g/mol. The van der Waals surface area contributed by atoms with Crippen molar-refractivity contribution in [3.63, 3.8) is 0 Å². The van der Waals surface area contributed by atoms with Crippen LogP contribution in [0.15, 0.2) is 59.8 Å². The van der Waals surface area contributed by atoms with E-state index in [9.17, 15) is 27.9 Å². The van der Waals surface area contributed by atoms with Crippen molar-refractivity contribution in [2.24, 2.45) is 0 Å². The molecular formula is C22H17F3N4O3. The lowest BCUT2D eigenvalue weighted by atomic mass is 9.94. The molecule has 0 spiro atoms. The number of alkyl halides is 3. The van der Waals surface area contributed by atoms with Gasteiger partial charge in [-0.15, -0.1) is 0 Å². The molecule has 0 radical (unpaired) electrons. The Hall–Kier alpha value is -3.84. The van der Waals surface area contributed by atoms with E-state index in [4.69, 9.17) is 5.26 Å². The van der Waals surface area contributed by atoms with Gasteiger partial charge in [0.05, 0.1) is 53.3 Å². The second-order valence-electron chi connectivity index (χ2n) is 7.31. The van der Waals surface area contributed by atoms with Crippen molar-refractivity contribution in [3.05, 3.63) is 76.5 Å². The van der Waals surface area contributed by atoms with Crippen LogP contribution in [0.2, 0.25) is 0 Å². The minimum absolute atomic E-state index is 0.0105. The van der Waals surface area contributed by atoms with Crippen molar-refractivity contribution < 1.29 is 27.9 Å². The maximum atomic E-state index is 13.2. The first-order valence-electron chi connectivity index (χ1n) is 9.65. The topological polar surface area (TPSA) is 96.7 Å². The van der Waals surface area contributed by atoms with Gasteiger partial charge >= 0.3 is 12.2 Å². The van der Waals surface area contributed by atoms with E-state index in [0.29, 0.717) is 11.1 Å². The first kappa shape index (κ1) is 21.4. The highest BCUT2D eigenvalue weighted by molar-refractivity contribution is 6.07. The summed E-state index contributed by atoms with van der Waals surface area (Å²) >= 11 is 0. The van der Waals surface area contributed by atoms with Gasteiger partial charge < -0.3 is 15.3 Å². The summed E-state index contributed by atoms with van der Waals surface area (Å²) in [6.07, 6.45) is -4.60. The molecule has 4 rings (SSSR count). The Labute approximate surface area is 181 Å². The van der Waals surface area contributed by atoms with Crippen LogP contribution in [0.25, 0.3) is 0 Å². The van der Waals surface area contributed by atoms with Crippen molar-refractivity contribution in [2.45, 2.75) is 12.2 Å². The van der Waals surface area contributed by atoms with Crippen LogP contribution < -0.4 is 10.2 Å². The molecule has 0 fully saturated rings. The summed E-state index contributed by atoms with van der Waals surface area (Å²) in [5, 5.41) is 21.0. The van der Waals surface area contributed by atoms with Gasteiger partial charge in [-0.2, -0.15) is 18.4 Å². The predicted molar refractivity (Wildman–Crippen MR) is 107 cm³/mol. The zero-order valence-electron chi connectivity index (χ0n) is 16.6. The summed E-state index contributed by atoms with van der Waals surface area (Å²) in [7, 11) is 0. The van der Waals surface area contributed by atoms with E-state index in [1.165, 1.54) is 17.0 Å². The third-order valence-electron chi connectivity index (χ3n) is 5.37.